The van der Waals surface area contributed by atoms with Gasteiger partial charge in [-0.05, 0) is 24.9 Å². The molecule has 0 bridgehead atoms. The summed E-state index contributed by atoms with van der Waals surface area (Å²) in [5.41, 5.74) is 0.666. The standard InChI is InChI=1S/C15H22N2O2.ClH/c1-2-10-17(13-8-9-16-11-13)15(19)14(18)12-6-4-3-5-7-12;/h3-7,13-14,16,18H,2,8-11H2,1H3;1H. The maximum Gasteiger partial charge on any atom is 0.256 e. The summed E-state index contributed by atoms with van der Waals surface area (Å²) in [6, 6.07) is 9.36. The number of benzene rings is 1. The van der Waals surface area contributed by atoms with Gasteiger partial charge in [-0.3, -0.25) is 4.79 Å². The van der Waals surface area contributed by atoms with Gasteiger partial charge < -0.3 is 15.3 Å². The molecule has 0 aliphatic carbocycles. The summed E-state index contributed by atoms with van der Waals surface area (Å²) in [6.07, 6.45) is 0.824. The molecule has 1 amide bonds. The number of hydrogen-bond donors (Lipinski definition) is 2. The lowest BCUT2D eigenvalue weighted by Gasteiger charge is -2.30. The Morgan fingerprint density at radius 1 is 1.45 bits per heavy atom. The highest BCUT2D eigenvalue weighted by atomic mass is 35.5. The van der Waals surface area contributed by atoms with Crippen molar-refractivity contribution in [2.45, 2.75) is 31.9 Å². The highest BCUT2D eigenvalue weighted by Crippen LogP contribution is 2.19. The minimum absolute atomic E-state index is 0. The Morgan fingerprint density at radius 2 is 2.15 bits per heavy atom. The Balaban J connectivity index is 0.00000200. The number of aliphatic hydroxyl groups is 1. The predicted molar refractivity (Wildman–Crippen MR) is 81.9 cm³/mol. The van der Waals surface area contributed by atoms with E-state index in [-0.39, 0.29) is 24.4 Å². The van der Waals surface area contributed by atoms with Gasteiger partial charge in [0.2, 0.25) is 0 Å². The molecule has 1 aliphatic heterocycles. The van der Waals surface area contributed by atoms with Crippen molar-refractivity contribution >= 4 is 18.3 Å². The highest BCUT2D eigenvalue weighted by Gasteiger charge is 2.30. The number of aliphatic hydroxyl groups excluding tert-OH is 1. The molecule has 1 heterocycles. The van der Waals surface area contributed by atoms with E-state index in [4.69, 9.17) is 0 Å². The number of carbonyl (C=O) groups is 1. The van der Waals surface area contributed by atoms with Crippen LogP contribution < -0.4 is 5.32 Å². The molecule has 5 heteroatoms. The van der Waals surface area contributed by atoms with Gasteiger partial charge in [-0.25, -0.2) is 0 Å². The molecule has 1 aliphatic rings. The quantitative estimate of drug-likeness (QED) is 0.871. The minimum Gasteiger partial charge on any atom is -0.378 e. The Hall–Kier alpha value is -1.10. The zero-order valence-corrected chi connectivity index (χ0v) is 12.6. The van der Waals surface area contributed by atoms with E-state index in [2.05, 4.69) is 12.2 Å². The van der Waals surface area contributed by atoms with Crippen LogP contribution in [0.4, 0.5) is 0 Å². The van der Waals surface area contributed by atoms with E-state index in [0.717, 1.165) is 25.9 Å². The fourth-order valence-corrected chi connectivity index (χ4v) is 2.55. The van der Waals surface area contributed by atoms with Crippen LogP contribution in [-0.2, 0) is 4.79 Å². The Labute approximate surface area is 126 Å². The average Bonchev–Trinajstić information content (AvgIpc) is 2.98. The summed E-state index contributed by atoms with van der Waals surface area (Å²) in [7, 11) is 0. The van der Waals surface area contributed by atoms with Crippen molar-refractivity contribution < 1.29 is 9.90 Å². The fourth-order valence-electron chi connectivity index (χ4n) is 2.55. The Bertz CT molecular complexity index is 408. The molecule has 1 saturated heterocycles. The van der Waals surface area contributed by atoms with Crippen LogP contribution in [-0.4, -0.2) is 41.6 Å². The van der Waals surface area contributed by atoms with Gasteiger partial charge in [-0.15, -0.1) is 12.4 Å². The molecule has 0 spiro atoms. The van der Waals surface area contributed by atoms with Crippen molar-refractivity contribution in [3.05, 3.63) is 35.9 Å². The molecule has 2 unspecified atom stereocenters. The summed E-state index contributed by atoms with van der Waals surface area (Å²) in [4.78, 5) is 14.3. The molecule has 1 aromatic carbocycles. The zero-order chi connectivity index (χ0) is 13.7. The van der Waals surface area contributed by atoms with Crippen LogP contribution in [0.15, 0.2) is 30.3 Å². The molecule has 20 heavy (non-hydrogen) atoms. The summed E-state index contributed by atoms with van der Waals surface area (Å²) in [5, 5.41) is 13.5. The van der Waals surface area contributed by atoms with Gasteiger partial charge in [-0.2, -0.15) is 0 Å². The van der Waals surface area contributed by atoms with Crippen molar-refractivity contribution in [2.75, 3.05) is 19.6 Å². The number of rotatable bonds is 5. The molecule has 112 valence electrons. The molecular weight excluding hydrogens is 276 g/mol. The van der Waals surface area contributed by atoms with Crippen LogP contribution in [0, 0.1) is 0 Å². The lowest BCUT2D eigenvalue weighted by atomic mass is 10.1. The molecule has 0 saturated carbocycles. The van der Waals surface area contributed by atoms with Crippen LogP contribution in [0.5, 0.6) is 0 Å². The lowest BCUT2D eigenvalue weighted by Crippen LogP contribution is -2.44. The van der Waals surface area contributed by atoms with Crippen LogP contribution >= 0.6 is 12.4 Å². The Morgan fingerprint density at radius 3 is 2.70 bits per heavy atom. The second kappa shape index (κ2) is 8.25. The van der Waals surface area contributed by atoms with Crippen molar-refractivity contribution in [2.24, 2.45) is 0 Å². The summed E-state index contributed by atoms with van der Waals surface area (Å²) >= 11 is 0. The smallest absolute Gasteiger partial charge is 0.256 e. The van der Waals surface area contributed by atoms with Gasteiger partial charge in [-0.1, -0.05) is 37.3 Å². The number of amides is 1. The van der Waals surface area contributed by atoms with Crippen LogP contribution in [0.1, 0.15) is 31.4 Å². The largest absolute Gasteiger partial charge is 0.378 e. The third-order valence-electron chi connectivity index (χ3n) is 3.57. The zero-order valence-electron chi connectivity index (χ0n) is 11.8. The topological polar surface area (TPSA) is 52.6 Å². The number of nitrogens with one attached hydrogen (secondary N) is 1. The summed E-state index contributed by atoms with van der Waals surface area (Å²) in [6.45, 7) is 4.53. The van der Waals surface area contributed by atoms with E-state index >= 15 is 0 Å². The number of hydrogen-bond acceptors (Lipinski definition) is 3. The summed E-state index contributed by atoms with van der Waals surface area (Å²) < 4.78 is 0. The fraction of sp³-hybridized carbons (Fsp3) is 0.533. The van der Waals surface area contributed by atoms with Crippen molar-refractivity contribution in [1.29, 1.82) is 0 Å². The van der Waals surface area contributed by atoms with Gasteiger partial charge in [0.25, 0.3) is 5.91 Å². The molecule has 1 aromatic rings. The molecule has 4 nitrogen and oxygen atoms in total. The van der Waals surface area contributed by atoms with Crippen LogP contribution in [0.2, 0.25) is 0 Å². The van der Waals surface area contributed by atoms with E-state index in [1.807, 2.05) is 23.1 Å². The first-order chi connectivity index (χ1) is 9.24. The van der Waals surface area contributed by atoms with Crippen molar-refractivity contribution in [1.82, 2.24) is 10.2 Å². The second-order valence-electron chi connectivity index (χ2n) is 4.99. The van der Waals surface area contributed by atoms with Crippen LogP contribution in [0.25, 0.3) is 0 Å². The van der Waals surface area contributed by atoms with Gasteiger partial charge >= 0.3 is 0 Å². The van der Waals surface area contributed by atoms with E-state index in [0.29, 0.717) is 12.1 Å². The summed E-state index contributed by atoms with van der Waals surface area (Å²) in [5.74, 6) is -0.179. The Kier molecular flexibility index (Phi) is 6.99. The SMILES string of the molecule is CCCN(C(=O)C(O)c1ccccc1)C1CCNC1.Cl. The normalized spacial score (nSPS) is 19.2. The third kappa shape index (κ3) is 3.95. The lowest BCUT2D eigenvalue weighted by molar-refractivity contribution is -0.142. The maximum absolute atomic E-state index is 12.5. The van der Waals surface area contributed by atoms with Crippen molar-refractivity contribution in [3.8, 4) is 0 Å². The maximum atomic E-state index is 12.5. The second-order valence-corrected chi connectivity index (χ2v) is 4.99. The van der Waals surface area contributed by atoms with E-state index < -0.39 is 6.10 Å². The third-order valence-corrected chi connectivity index (χ3v) is 3.57. The predicted octanol–water partition coefficient (Wildman–Crippen LogP) is 1.74. The van der Waals surface area contributed by atoms with E-state index in [1.54, 1.807) is 12.1 Å². The molecule has 0 radical (unpaired) electrons. The van der Waals surface area contributed by atoms with E-state index in [9.17, 15) is 9.90 Å². The van der Waals surface area contributed by atoms with Crippen molar-refractivity contribution in [3.63, 3.8) is 0 Å². The molecule has 2 rings (SSSR count). The highest BCUT2D eigenvalue weighted by molar-refractivity contribution is 5.85. The first-order valence-corrected chi connectivity index (χ1v) is 6.98. The molecule has 1 fully saturated rings. The molecule has 2 atom stereocenters. The van der Waals surface area contributed by atoms with Gasteiger partial charge in [0.15, 0.2) is 6.10 Å². The van der Waals surface area contributed by atoms with Gasteiger partial charge in [0.05, 0.1) is 0 Å². The van der Waals surface area contributed by atoms with Crippen LogP contribution in [0.3, 0.4) is 0 Å². The number of carbonyl (C=O) groups excluding carboxylic acids is 1. The van der Waals surface area contributed by atoms with Gasteiger partial charge in [0, 0.05) is 19.1 Å². The number of nitrogens with zero attached hydrogens (tertiary/aromatic N) is 1. The first kappa shape index (κ1) is 17.0. The average molecular weight is 299 g/mol. The molecule has 0 aromatic heterocycles. The first-order valence-electron chi connectivity index (χ1n) is 6.98. The molecule has 2 N–H and O–H groups in total. The van der Waals surface area contributed by atoms with Gasteiger partial charge in [0.1, 0.15) is 0 Å². The number of halogens is 1. The molecular formula is C15H23ClN2O2. The minimum atomic E-state index is -1.05. The monoisotopic (exact) mass is 298 g/mol. The van der Waals surface area contributed by atoms with E-state index in [1.165, 1.54) is 0 Å².